The Balaban J connectivity index is 1.35. The lowest BCUT2D eigenvalue weighted by Crippen LogP contribution is -2.33. The zero-order valence-corrected chi connectivity index (χ0v) is 15.8. The molecule has 2 aromatic rings. The van der Waals surface area contributed by atoms with Crippen LogP contribution in [0.5, 0.6) is 0 Å². The van der Waals surface area contributed by atoms with E-state index in [9.17, 15) is 4.79 Å². The Labute approximate surface area is 154 Å². The molecule has 6 nitrogen and oxygen atoms in total. The maximum atomic E-state index is 12.6. The molecule has 1 atom stereocenters. The number of rotatable bonds is 3. The number of nitrogens with zero attached hydrogens (tertiary/aromatic N) is 4. The van der Waals surface area contributed by atoms with E-state index in [2.05, 4.69) is 54.7 Å². The molecule has 2 heterocycles. The summed E-state index contributed by atoms with van der Waals surface area (Å²) >= 11 is 0. The Hall–Kier alpha value is -2.37. The number of hydrogen-bond acceptors (Lipinski definition) is 3. The third kappa shape index (κ3) is 3.59. The monoisotopic (exact) mass is 353 g/mol. The number of aromatic nitrogens is 3. The van der Waals surface area contributed by atoms with Crippen molar-refractivity contribution < 1.29 is 4.79 Å². The van der Waals surface area contributed by atoms with Crippen molar-refractivity contribution in [3.63, 3.8) is 0 Å². The summed E-state index contributed by atoms with van der Waals surface area (Å²) in [7, 11) is 0. The molecule has 4 rings (SSSR count). The third-order valence-electron chi connectivity index (χ3n) is 5.35. The summed E-state index contributed by atoms with van der Waals surface area (Å²) in [4.78, 5) is 14.4. The predicted molar refractivity (Wildman–Crippen MR) is 101 cm³/mol. The van der Waals surface area contributed by atoms with Gasteiger partial charge in [-0.1, -0.05) is 38.1 Å². The van der Waals surface area contributed by atoms with Crippen molar-refractivity contribution in [3.05, 3.63) is 41.7 Å². The van der Waals surface area contributed by atoms with Crippen LogP contribution >= 0.6 is 0 Å². The van der Waals surface area contributed by atoms with Gasteiger partial charge in [0, 0.05) is 30.9 Å². The van der Waals surface area contributed by atoms with Gasteiger partial charge in [0.1, 0.15) is 0 Å². The van der Waals surface area contributed by atoms with E-state index >= 15 is 0 Å². The second-order valence-electron chi connectivity index (χ2n) is 8.54. The van der Waals surface area contributed by atoms with E-state index in [-0.39, 0.29) is 17.5 Å². The lowest BCUT2D eigenvalue weighted by molar-refractivity contribution is 0.220. The number of urea groups is 1. The highest BCUT2D eigenvalue weighted by molar-refractivity contribution is 5.89. The molecule has 1 N–H and O–H groups in total. The Morgan fingerprint density at radius 3 is 2.54 bits per heavy atom. The molecule has 0 radical (unpaired) electrons. The van der Waals surface area contributed by atoms with Gasteiger partial charge in [-0.15, -0.1) is 5.10 Å². The van der Waals surface area contributed by atoms with Gasteiger partial charge in [-0.3, -0.25) is 0 Å². The molecule has 1 saturated carbocycles. The van der Waals surface area contributed by atoms with E-state index in [1.165, 1.54) is 18.4 Å². The second-order valence-corrected chi connectivity index (χ2v) is 8.54. The van der Waals surface area contributed by atoms with Gasteiger partial charge in [-0.05, 0) is 42.4 Å². The van der Waals surface area contributed by atoms with E-state index in [1.807, 2.05) is 21.7 Å². The van der Waals surface area contributed by atoms with Crippen molar-refractivity contribution in [2.24, 2.45) is 0 Å². The maximum Gasteiger partial charge on any atom is 0.321 e. The Morgan fingerprint density at radius 1 is 1.15 bits per heavy atom. The molecule has 1 aliphatic carbocycles. The number of amides is 2. The molecule has 26 heavy (non-hydrogen) atoms. The van der Waals surface area contributed by atoms with Crippen LogP contribution in [-0.2, 0) is 5.41 Å². The largest absolute Gasteiger partial charge is 0.322 e. The fourth-order valence-electron chi connectivity index (χ4n) is 3.43. The van der Waals surface area contributed by atoms with E-state index < -0.39 is 0 Å². The fraction of sp³-hybridized carbons (Fsp3) is 0.550. The van der Waals surface area contributed by atoms with E-state index in [0.29, 0.717) is 12.5 Å². The lowest BCUT2D eigenvalue weighted by atomic mass is 9.87. The van der Waals surface area contributed by atoms with Crippen LogP contribution in [0.4, 0.5) is 10.5 Å². The highest BCUT2D eigenvalue weighted by Crippen LogP contribution is 2.39. The van der Waals surface area contributed by atoms with Crippen LogP contribution in [0.2, 0.25) is 0 Å². The fourth-order valence-corrected chi connectivity index (χ4v) is 3.43. The van der Waals surface area contributed by atoms with Crippen LogP contribution in [-0.4, -0.2) is 39.0 Å². The third-order valence-corrected chi connectivity index (χ3v) is 5.35. The van der Waals surface area contributed by atoms with Crippen LogP contribution in [0.15, 0.2) is 30.5 Å². The summed E-state index contributed by atoms with van der Waals surface area (Å²) in [6, 6.07) is 8.30. The average molecular weight is 353 g/mol. The first-order valence-electron chi connectivity index (χ1n) is 9.48. The molecule has 1 saturated heterocycles. The van der Waals surface area contributed by atoms with Crippen molar-refractivity contribution in [1.82, 2.24) is 19.9 Å². The van der Waals surface area contributed by atoms with Gasteiger partial charge in [0.2, 0.25) is 0 Å². The molecule has 1 aromatic carbocycles. The topological polar surface area (TPSA) is 63.1 Å². The Bertz CT molecular complexity index is 785. The second kappa shape index (κ2) is 6.41. The van der Waals surface area contributed by atoms with Crippen molar-refractivity contribution in [3.8, 4) is 0 Å². The van der Waals surface area contributed by atoms with Crippen molar-refractivity contribution >= 4 is 11.7 Å². The van der Waals surface area contributed by atoms with Gasteiger partial charge in [0.05, 0.1) is 11.7 Å². The highest BCUT2D eigenvalue weighted by atomic mass is 16.2. The van der Waals surface area contributed by atoms with Gasteiger partial charge in [-0.25, -0.2) is 9.48 Å². The average Bonchev–Trinajstić information content (AvgIpc) is 3.13. The van der Waals surface area contributed by atoms with Crippen molar-refractivity contribution in [2.45, 2.75) is 57.4 Å². The van der Waals surface area contributed by atoms with Gasteiger partial charge in [0.15, 0.2) is 0 Å². The standard InChI is InChI=1S/C20H27N5O/c1-20(2,3)15-6-8-16(9-7-15)21-19(26)24-11-10-17(12-24)25-13-18(22-23-25)14-4-5-14/h6-9,13-14,17H,4-5,10-12H2,1-3H3,(H,21,26). The summed E-state index contributed by atoms with van der Waals surface area (Å²) in [6.45, 7) is 7.98. The Kier molecular flexibility index (Phi) is 4.21. The van der Waals surface area contributed by atoms with Crippen LogP contribution in [0.3, 0.4) is 0 Å². The molecule has 0 spiro atoms. The van der Waals surface area contributed by atoms with E-state index in [4.69, 9.17) is 0 Å². The smallest absolute Gasteiger partial charge is 0.321 e. The van der Waals surface area contributed by atoms with Gasteiger partial charge >= 0.3 is 6.03 Å². The molecule has 6 heteroatoms. The summed E-state index contributed by atoms with van der Waals surface area (Å²) in [5.41, 5.74) is 3.31. The van der Waals surface area contributed by atoms with Crippen LogP contribution in [0.1, 0.15) is 63.3 Å². The van der Waals surface area contributed by atoms with Gasteiger partial charge in [0.25, 0.3) is 0 Å². The minimum atomic E-state index is -0.0430. The number of anilines is 1. The number of nitrogens with one attached hydrogen (secondary N) is 1. The molecular weight excluding hydrogens is 326 g/mol. The molecule has 1 aromatic heterocycles. The number of carbonyl (C=O) groups excluding carboxylic acids is 1. The number of likely N-dealkylation sites (tertiary alicyclic amines) is 1. The van der Waals surface area contributed by atoms with Crippen molar-refractivity contribution in [1.29, 1.82) is 0 Å². The number of benzene rings is 1. The zero-order chi connectivity index (χ0) is 18.3. The first-order valence-corrected chi connectivity index (χ1v) is 9.48. The van der Waals surface area contributed by atoms with Gasteiger partial charge in [-0.2, -0.15) is 0 Å². The first-order chi connectivity index (χ1) is 12.4. The number of hydrogen-bond donors (Lipinski definition) is 1. The molecule has 2 fully saturated rings. The van der Waals surface area contributed by atoms with Crippen LogP contribution in [0.25, 0.3) is 0 Å². The number of carbonyl (C=O) groups is 1. The first kappa shape index (κ1) is 17.1. The minimum absolute atomic E-state index is 0.0430. The molecule has 1 aliphatic heterocycles. The summed E-state index contributed by atoms with van der Waals surface area (Å²) in [5.74, 6) is 0.612. The molecular formula is C20H27N5O. The summed E-state index contributed by atoms with van der Waals surface area (Å²) in [6.07, 6.45) is 5.44. The van der Waals surface area contributed by atoms with E-state index in [1.54, 1.807) is 0 Å². The van der Waals surface area contributed by atoms with E-state index in [0.717, 1.165) is 24.3 Å². The Morgan fingerprint density at radius 2 is 1.88 bits per heavy atom. The SMILES string of the molecule is CC(C)(C)c1ccc(NC(=O)N2CCC(n3cc(C4CC4)nn3)C2)cc1. The van der Waals surface area contributed by atoms with Crippen LogP contribution < -0.4 is 5.32 Å². The molecule has 0 bridgehead atoms. The van der Waals surface area contributed by atoms with Crippen molar-refractivity contribution in [2.75, 3.05) is 18.4 Å². The maximum absolute atomic E-state index is 12.6. The molecule has 2 amide bonds. The molecule has 138 valence electrons. The summed E-state index contributed by atoms with van der Waals surface area (Å²) in [5, 5.41) is 11.6. The predicted octanol–water partition coefficient (Wildman–Crippen LogP) is 3.93. The van der Waals surface area contributed by atoms with Crippen LogP contribution in [0, 0.1) is 0 Å². The minimum Gasteiger partial charge on any atom is -0.322 e. The quantitative estimate of drug-likeness (QED) is 0.909. The lowest BCUT2D eigenvalue weighted by Gasteiger charge is -2.20. The normalized spacial score (nSPS) is 20.4. The molecule has 2 aliphatic rings. The zero-order valence-electron chi connectivity index (χ0n) is 15.8. The van der Waals surface area contributed by atoms with Gasteiger partial charge < -0.3 is 10.2 Å². The highest BCUT2D eigenvalue weighted by Gasteiger charge is 2.31. The summed E-state index contributed by atoms with van der Waals surface area (Å²) < 4.78 is 1.94. The molecule has 1 unspecified atom stereocenters.